The van der Waals surface area contributed by atoms with Crippen LogP contribution in [0.5, 0.6) is 0 Å². The van der Waals surface area contributed by atoms with E-state index in [1.807, 2.05) is 0 Å². The third-order valence-electron chi connectivity index (χ3n) is 6.64. The minimum atomic E-state index is 0.244. The highest BCUT2D eigenvalue weighted by atomic mass is 35.5. The second-order valence-electron chi connectivity index (χ2n) is 8.10. The van der Waals surface area contributed by atoms with E-state index in [0.717, 1.165) is 38.3 Å². The molecule has 1 N–H and O–H groups in total. The third-order valence-corrected chi connectivity index (χ3v) is 6.81. The molecule has 2 aliphatic carbocycles. The van der Waals surface area contributed by atoms with Gasteiger partial charge >= 0.3 is 0 Å². The summed E-state index contributed by atoms with van der Waals surface area (Å²) in [5.74, 6) is 1.08. The van der Waals surface area contributed by atoms with Crippen LogP contribution in [-0.4, -0.2) is 35.6 Å². The molecule has 4 nitrogen and oxygen atoms in total. The van der Waals surface area contributed by atoms with Gasteiger partial charge in [0.2, 0.25) is 5.28 Å². The van der Waals surface area contributed by atoms with Crippen LogP contribution in [0.15, 0.2) is 24.3 Å². The Morgan fingerprint density at radius 2 is 2.04 bits per heavy atom. The molecule has 26 heavy (non-hydrogen) atoms. The number of nitrogens with zero attached hydrogens (tertiary/aromatic N) is 3. The maximum atomic E-state index is 6.38. The van der Waals surface area contributed by atoms with Crippen LogP contribution in [0, 0.1) is 0 Å². The minimum Gasteiger partial charge on any atom is -0.351 e. The number of fused-ring (bicyclic) bond motifs is 3. The Morgan fingerprint density at radius 3 is 2.92 bits per heavy atom. The average molecular weight is 369 g/mol. The van der Waals surface area contributed by atoms with Crippen LogP contribution in [-0.2, 0) is 24.7 Å². The average Bonchev–Trinajstić information content (AvgIpc) is 3.00. The van der Waals surface area contributed by atoms with E-state index in [9.17, 15) is 0 Å². The van der Waals surface area contributed by atoms with Gasteiger partial charge in [-0.2, -0.15) is 0 Å². The summed E-state index contributed by atoms with van der Waals surface area (Å²) in [7, 11) is 0. The molecule has 2 aromatic rings. The number of halogens is 1. The molecule has 0 bridgehead atoms. The first-order valence-electron chi connectivity index (χ1n) is 9.77. The molecule has 3 aliphatic rings. The normalized spacial score (nSPS) is 27.5. The Kier molecular flexibility index (Phi) is 3.94. The van der Waals surface area contributed by atoms with Crippen molar-refractivity contribution in [1.29, 1.82) is 0 Å². The number of anilines is 1. The molecular formula is C21H25ClN4. The monoisotopic (exact) mass is 368 g/mol. The van der Waals surface area contributed by atoms with Crippen LogP contribution in [0.4, 0.5) is 5.82 Å². The number of nitrogens with one attached hydrogen (secondary N) is 1. The summed E-state index contributed by atoms with van der Waals surface area (Å²) < 4.78 is 0. The summed E-state index contributed by atoms with van der Waals surface area (Å²) in [6, 6.07) is 9.40. The van der Waals surface area contributed by atoms with Crippen molar-refractivity contribution in [2.24, 2.45) is 0 Å². The third kappa shape index (κ3) is 2.54. The van der Waals surface area contributed by atoms with Crippen molar-refractivity contribution in [1.82, 2.24) is 15.3 Å². The van der Waals surface area contributed by atoms with E-state index in [4.69, 9.17) is 16.6 Å². The highest BCUT2D eigenvalue weighted by Crippen LogP contribution is 2.48. The van der Waals surface area contributed by atoms with E-state index in [1.165, 1.54) is 41.6 Å². The number of aryl methyl sites for hydroxylation is 1. The molecule has 2 heterocycles. The van der Waals surface area contributed by atoms with E-state index in [2.05, 4.69) is 46.4 Å². The molecule has 1 fully saturated rings. The number of piperazine rings is 1. The summed E-state index contributed by atoms with van der Waals surface area (Å²) in [4.78, 5) is 11.8. The molecule has 1 spiro atoms. The number of rotatable bonds is 1. The first kappa shape index (κ1) is 16.5. The Morgan fingerprint density at radius 1 is 1.19 bits per heavy atom. The first-order valence-corrected chi connectivity index (χ1v) is 10.2. The van der Waals surface area contributed by atoms with Crippen LogP contribution in [0.3, 0.4) is 0 Å². The van der Waals surface area contributed by atoms with Gasteiger partial charge in [-0.15, -0.1) is 0 Å². The lowest BCUT2D eigenvalue weighted by atomic mass is 9.69. The van der Waals surface area contributed by atoms with E-state index in [1.54, 1.807) is 0 Å². The SMILES string of the molecule is C[C@H]1CNCCN1c1nc(Cl)nc2c1CCC1(CCc3ccccc31)C2. The van der Waals surface area contributed by atoms with Crippen LogP contribution >= 0.6 is 11.6 Å². The van der Waals surface area contributed by atoms with Crippen molar-refractivity contribution in [3.63, 3.8) is 0 Å². The van der Waals surface area contributed by atoms with Gasteiger partial charge in [0.05, 0.1) is 5.69 Å². The predicted octanol–water partition coefficient (Wildman–Crippen LogP) is 3.30. The van der Waals surface area contributed by atoms with E-state index in [0.29, 0.717) is 11.3 Å². The Bertz CT molecular complexity index is 852. The van der Waals surface area contributed by atoms with Gasteiger partial charge in [-0.25, -0.2) is 9.97 Å². The molecule has 1 saturated heterocycles. The van der Waals surface area contributed by atoms with Crippen LogP contribution in [0.1, 0.15) is 42.1 Å². The lowest BCUT2D eigenvalue weighted by Gasteiger charge is -2.40. The Balaban J connectivity index is 1.55. The quantitative estimate of drug-likeness (QED) is 0.784. The van der Waals surface area contributed by atoms with Gasteiger partial charge in [0, 0.05) is 36.7 Å². The topological polar surface area (TPSA) is 41.0 Å². The van der Waals surface area contributed by atoms with Crippen molar-refractivity contribution in [2.75, 3.05) is 24.5 Å². The highest BCUT2D eigenvalue weighted by Gasteiger charge is 2.42. The van der Waals surface area contributed by atoms with Gasteiger partial charge in [-0.3, -0.25) is 0 Å². The lowest BCUT2D eigenvalue weighted by Crippen LogP contribution is -2.51. The fourth-order valence-electron chi connectivity index (χ4n) is 5.26. The second kappa shape index (κ2) is 6.21. The first-order chi connectivity index (χ1) is 12.7. The molecule has 136 valence electrons. The maximum Gasteiger partial charge on any atom is 0.224 e. The number of aromatic nitrogens is 2. The minimum absolute atomic E-state index is 0.244. The van der Waals surface area contributed by atoms with Crippen LogP contribution < -0.4 is 10.2 Å². The zero-order valence-electron chi connectivity index (χ0n) is 15.3. The van der Waals surface area contributed by atoms with E-state index in [-0.39, 0.29) is 5.41 Å². The molecule has 1 aliphatic heterocycles. The molecule has 0 radical (unpaired) electrons. The van der Waals surface area contributed by atoms with Gasteiger partial charge in [0.15, 0.2) is 0 Å². The van der Waals surface area contributed by atoms with E-state index < -0.39 is 0 Å². The zero-order chi connectivity index (χ0) is 17.7. The molecule has 1 aromatic carbocycles. The van der Waals surface area contributed by atoms with Crippen LogP contribution in [0.25, 0.3) is 0 Å². The van der Waals surface area contributed by atoms with Gasteiger partial charge in [-0.1, -0.05) is 24.3 Å². The summed E-state index contributed by atoms with van der Waals surface area (Å²) >= 11 is 6.38. The largest absolute Gasteiger partial charge is 0.351 e. The Hall–Kier alpha value is -1.65. The fraction of sp³-hybridized carbons (Fsp3) is 0.524. The molecule has 5 rings (SSSR count). The van der Waals surface area contributed by atoms with E-state index >= 15 is 0 Å². The Labute approximate surface area is 160 Å². The van der Waals surface area contributed by atoms with Crippen molar-refractivity contribution in [2.45, 2.75) is 50.5 Å². The highest BCUT2D eigenvalue weighted by molar-refractivity contribution is 6.28. The summed E-state index contributed by atoms with van der Waals surface area (Å²) in [6.45, 7) is 5.23. The molecule has 1 aromatic heterocycles. The molecule has 5 heteroatoms. The molecule has 0 amide bonds. The number of hydrogen-bond donors (Lipinski definition) is 1. The number of hydrogen-bond acceptors (Lipinski definition) is 4. The lowest BCUT2D eigenvalue weighted by molar-refractivity contribution is 0.362. The van der Waals surface area contributed by atoms with Crippen molar-refractivity contribution < 1.29 is 0 Å². The fourth-order valence-corrected chi connectivity index (χ4v) is 5.45. The smallest absolute Gasteiger partial charge is 0.224 e. The van der Waals surface area contributed by atoms with Gasteiger partial charge in [0.1, 0.15) is 5.82 Å². The standard InChI is InChI=1S/C21H25ClN4/c1-14-13-23-10-11-26(14)19-16-7-9-21(12-18(16)24-20(22)25-19)8-6-15-4-2-3-5-17(15)21/h2-5,14,23H,6-13H2,1H3/t14-,21?/m0/s1. The van der Waals surface area contributed by atoms with Gasteiger partial charge in [0.25, 0.3) is 0 Å². The van der Waals surface area contributed by atoms with Crippen molar-refractivity contribution in [3.8, 4) is 0 Å². The zero-order valence-corrected chi connectivity index (χ0v) is 16.0. The van der Waals surface area contributed by atoms with Crippen molar-refractivity contribution >= 4 is 17.4 Å². The van der Waals surface area contributed by atoms with Crippen molar-refractivity contribution in [3.05, 3.63) is 51.9 Å². The summed E-state index contributed by atoms with van der Waals surface area (Å²) in [5, 5.41) is 3.86. The number of benzene rings is 1. The predicted molar refractivity (Wildman–Crippen MR) is 105 cm³/mol. The summed E-state index contributed by atoms with van der Waals surface area (Å²) in [6.07, 6.45) is 5.65. The maximum absolute atomic E-state index is 6.38. The summed E-state index contributed by atoms with van der Waals surface area (Å²) in [5.41, 5.74) is 5.81. The molecule has 0 saturated carbocycles. The van der Waals surface area contributed by atoms with Gasteiger partial charge in [-0.05, 0) is 61.8 Å². The molecule has 1 unspecified atom stereocenters. The van der Waals surface area contributed by atoms with Crippen LogP contribution in [0.2, 0.25) is 5.28 Å². The molecule has 2 atom stereocenters. The second-order valence-corrected chi connectivity index (χ2v) is 8.44. The molecular weight excluding hydrogens is 344 g/mol. The van der Waals surface area contributed by atoms with Gasteiger partial charge < -0.3 is 10.2 Å².